The highest BCUT2D eigenvalue weighted by Crippen LogP contribution is 2.12. The van der Waals surface area contributed by atoms with Gasteiger partial charge in [-0.3, -0.25) is 9.78 Å². The van der Waals surface area contributed by atoms with Crippen molar-refractivity contribution in [3.8, 4) is 6.07 Å². The molecule has 2 heterocycles. The smallest absolute Gasteiger partial charge is 0.266 e. The quantitative estimate of drug-likeness (QED) is 0.726. The van der Waals surface area contributed by atoms with Crippen LogP contribution in [-0.4, -0.2) is 14.8 Å². The number of aryl methyl sites for hydroxylation is 1. The van der Waals surface area contributed by atoms with Crippen molar-refractivity contribution in [2.45, 2.75) is 20.4 Å². The number of benzene rings is 1. The van der Waals surface area contributed by atoms with Gasteiger partial charge in [0, 0.05) is 5.39 Å². The topological polar surface area (TPSA) is 71.6 Å². The molecule has 2 aromatic heterocycles. The Hall–Kier alpha value is -3.00. The number of hydrogen-bond donors (Lipinski definition) is 0. The van der Waals surface area contributed by atoms with E-state index in [2.05, 4.69) is 10.1 Å². The zero-order chi connectivity index (χ0) is 15.7. The van der Waals surface area contributed by atoms with Gasteiger partial charge >= 0.3 is 0 Å². The molecule has 0 radical (unpaired) electrons. The first-order valence-corrected chi connectivity index (χ1v) is 6.93. The zero-order valence-electron chi connectivity index (χ0n) is 12.4. The van der Waals surface area contributed by atoms with Crippen molar-refractivity contribution in [3.63, 3.8) is 0 Å². The summed E-state index contributed by atoms with van der Waals surface area (Å²) in [4.78, 5) is 16.8. The number of rotatable bonds is 2. The van der Waals surface area contributed by atoms with Gasteiger partial charge in [-0.25, -0.2) is 4.68 Å². The molecule has 0 N–H and O–H groups in total. The standard InChI is InChI=1S/C17H14N4O/c1-11-12(2)20-21(17(22)15(11)9-18)10-14-8-7-13-5-3-4-6-16(13)19-14/h3-8H,10H2,1-2H3. The number of aromatic nitrogens is 3. The number of para-hydroxylation sites is 1. The SMILES string of the molecule is Cc1nn(Cc2ccc3ccccc3n2)c(=O)c(C#N)c1C. The monoisotopic (exact) mass is 290 g/mol. The minimum absolute atomic E-state index is 0.147. The minimum Gasteiger partial charge on any atom is -0.266 e. The van der Waals surface area contributed by atoms with Crippen molar-refractivity contribution in [3.05, 3.63) is 69.3 Å². The largest absolute Gasteiger partial charge is 0.285 e. The lowest BCUT2D eigenvalue weighted by Crippen LogP contribution is -2.28. The predicted molar refractivity (Wildman–Crippen MR) is 83.5 cm³/mol. The van der Waals surface area contributed by atoms with Gasteiger partial charge < -0.3 is 0 Å². The molecule has 0 aliphatic rings. The van der Waals surface area contributed by atoms with E-state index in [1.165, 1.54) is 4.68 Å². The summed E-state index contributed by atoms with van der Waals surface area (Å²) in [5, 5.41) is 14.5. The van der Waals surface area contributed by atoms with Crippen LogP contribution in [0.3, 0.4) is 0 Å². The Morgan fingerprint density at radius 3 is 2.73 bits per heavy atom. The van der Waals surface area contributed by atoms with Gasteiger partial charge in [0.25, 0.3) is 5.56 Å². The molecule has 0 atom stereocenters. The molecule has 1 aromatic carbocycles. The van der Waals surface area contributed by atoms with Gasteiger partial charge in [-0.2, -0.15) is 10.4 Å². The van der Waals surface area contributed by atoms with E-state index < -0.39 is 0 Å². The highest BCUT2D eigenvalue weighted by molar-refractivity contribution is 5.78. The van der Waals surface area contributed by atoms with Crippen LogP contribution < -0.4 is 5.56 Å². The Balaban J connectivity index is 2.07. The van der Waals surface area contributed by atoms with Gasteiger partial charge in [0.05, 0.1) is 23.4 Å². The summed E-state index contributed by atoms with van der Waals surface area (Å²) in [5.74, 6) is 0. The van der Waals surface area contributed by atoms with Crippen molar-refractivity contribution in [1.82, 2.24) is 14.8 Å². The molecule has 0 saturated carbocycles. The molecule has 0 saturated heterocycles. The van der Waals surface area contributed by atoms with Crippen LogP contribution in [0.25, 0.3) is 10.9 Å². The molecule has 0 aliphatic carbocycles. The fourth-order valence-electron chi connectivity index (χ4n) is 2.36. The maximum Gasteiger partial charge on any atom is 0.285 e. The number of fused-ring (bicyclic) bond motifs is 1. The molecule has 0 unspecified atom stereocenters. The molecule has 5 nitrogen and oxygen atoms in total. The first kappa shape index (κ1) is 14.0. The molecular formula is C17H14N4O. The highest BCUT2D eigenvalue weighted by Gasteiger charge is 2.12. The summed E-state index contributed by atoms with van der Waals surface area (Å²) in [6.45, 7) is 3.78. The van der Waals surface area contributed by atoms with Gasteiger partial charge in [0.15, 0.2) is 0 Å². The Labute approximate surface area is 127 Å². The van der Waals surface area contributed by atoms with E-state index in [1.807, 2.05) is 42.5 Å². The highest BCUT2D eigenvalue weighted by atomic mass is 16.1. The lowest BCUT2D eigenvalue weighted by molar-refractivity contribution is 0.614. The molecule has 0 spiro atoms. The van der Waals surface area contributed by atoms with E-state index in [4.69, 9.17) is 5.26 Å². The summed E-state index contributed by atoms with van der Waals surface area (Å²) >= 11 is 0. The summed E-state index contributed by atoms with van der Waals surface area (Å²) in [6.07, 6.45) is 0. The van der Waals surface area contributed by atoms with Crippen molar-refractivity contribution in [1.29, 1.82) is 5.26 Å². The van der Waals surface area contributed by atoms with E-state index in [-0.39, 0.29) is 17.7 Å². The average molecular weight is 290 g/mol. The molecule has 0 amide bonds. The second-order valence-corrected chi connectivity index (χ2v) is 5.16. The van der Waals surface area contributed by atoms with E-state index >= 15 is 0 Å². The number of hydrogen-bond acceptors (Lipinski definition) is 4. The molecule has 0 bridgehead atoms. The van der Waals surface area contributed by atoms with E-state index in [0.717, 1.165) is 16.6 Å². The van der Waals surface area contributed by atoms with E-state index in [1.54, 1.807) is 13.8 Å². The summed E-state index contributed by atoms with van der Waals surface area (Å²) in [5.41, 5.74) is 2.69. The summed E-state index contributed by atoms with van der Waals surface area (Å²) in [7, 11) is 0. The predicted octanol–water partition coefficient (Wildman–Crippen LogP) is 2.33. The van der Waals surface area contributed by atoms with Gasteiger partial charge in [-0.1, -0.05) is 24.3 Å². The second-order valence-electron chi connectivity index (χ2n) is 5.16. The molecule has 0 aliphatic heterocycles. The van der Waals surface area contributed by atoms with Crippen LogP contribution in [0, 0.1) is 25.2 Å². The van der Waals surface area contributed by atoms with E-state index in [0.29, 0.717) is 11.3 Å². The zero-order valence-corrected chi connectivity index (χ0v) is 12.4. The molecule has 5 heteroatoms. The maximum absolute atomic E-state index is 12.3. The van der Waals surface area contributed by atoms with Crippen molar-refractivity contribution in [2.24, 2.45) is 0 Å². The van der Waals surface area contributed by atoms with Gasteiger partial charge in [-0.15, -0.1) is 0 Å². The third-order valence-corrected chi connectivity index (χ3v) is 3.72. The third kappa shape index (κ3) is 2.35. The molecule has 108 valence electrons. The van der Waals surface area contributed by atoms with Crippen LogP contribution in [0.1, 0.15) is 22.5 Å². The van der Waals surface area contributed by atoms with Crippen LogP contribution in [0.15, 0.2) is 41.2 Å². The van der Waals surface area contributed by atoms with Crippen molar-refractivity contribution < 1.29 is 0 Å². The number of nitriles is 1. The van der Waals surface area contributed by atoms with Gasteiger partial charge in [0.1, 0.15) is 11.6 Å². The fourth-order valence-corrected chi connectivity index (χ4v) is 2.36. The average Bonchev–Trinajstić information content (AvgIpc) is 2.53. The van der Waals surface area contributed by atoms with Crippen molar-refractivity contribution in [2.75, 3.05) is 0 Å². The van der Waals surface area contributed by atoms with Gasteiger partial charge in [0.2, 0.25) is 0 Å². The van der Waals surface area contributed by atoms with Crippen LogP contribution in [0.5, 0.6) is 0 Å². The normalized spacial score (nSPS) is 10.6. The van der Waals surface area contributed by atoms with E-state index in [9.17, 15) is 4.79 Å². The minimum atomic E-state index is -0.374. The number of nitrogens with zero attached hydrogens (tertiary/aromatic N) is 4. The van der Waals surface area contributed by atoms with Crippen LogP contribution in [0.2, 0.25) is 0 Å². The molecule has 0 fully saturated rings. The Morgan fingerprint density at radius 2 is 1.95 bits per heavy atom. The van der Waals surface area contributed by atoms with Crippen LogP contribution in [0.4, 0.5) is 0 Å². The fraction of sp³-hybridized carbons (Fsp3) is 0.176. The first-order chi connectivity index (χ1) is 10.6. The maximum atomic E-state index is 12.3. The Morgan fingerprint density at radius 1 is 1.18 bits per heavy atom. The molecule has 3 rings (SSSR count). The van der Waals surface area contributed by atoms with Crippen molar-refractivity contribution >= 4 is 10.9 Å². The number of pyridine rings is 1. The Kier molecular flexibility index (Phi) is 3.43. The summed E-state index contributed by atoms with van der Waals surface area (Å²) in [6, 6.07) is 13.6. The second kappa shape index (κ2) is 5.41. The Bertz CT molecular complexity index is 967. The van der Waals surface area contributed by atoms with Gasteiger partial charge in [-0.05, 0) is 31.5 Å². The molecule has 3 aromatic rings. The lowest BCUT2D eigenvalue weighted by Gasteiger charge is -2.09. The van der Waals surface area contributed by atoms with Crippen LogP contribution in [-0.2, 0) is 6.54 Å². The lowest BCUT2D eigenvalue weighted by atomic mass is 10.1. The molecule has 22 heavy (non-hydrogen) atoms. The molecular weight excluding hydrogens is 276 g/mol. The third-order valence-electron chi connectivity index (χ3n) is 3.72. The first-order valence-electron chi connectivity index (χ1n) is 6.93. The van der Waals surface area contributed by atoms with Crippen LogP contribution >= 0.6 is 0 Å². The summed E-state index contributed by atoms with van der Waals surface area (Å²) < 4.78 is 1.30.